The fraction of sp³-hybridized carbons (Fsp3) is 0.222. The van der Waals surface area contributed by atoms with E-state index in [1.807, 2.05) is 23.6 Å². The minimum Gasteiger partial charge on any atom is -0.478 e. The first kappa shape index (κ1) is 8.59. The molecule has 12 heavy (non-hydrogen) atoms. The van der Waals surface area contributed by atoms with E-state index in [-0.39, 0.29) is 0 Å². The maximum absolute atomic E-state index is 10.5. The van der Waals surface area contributed by atoms with E-state index in [0.29, 0.717) is 5.56 Å². The van der Waals surface area contributed by atoms with Gasteiger partial charge in [0.2, 0.25) is 0 Å². The maximum atomic E-state index is 10.5. The van der Waals surface area contributed by atoms with E-state index < -0.39 is 5.97 Å². The first-order chi connectivity index (χ1) is 5.74. The minimum absolute atomic E-state index is 0.333. The summed E-state index contributed by atoms with van der Waals surface area (Å²) < 4.78 is 1.82. The van der Waals surface area contributed by atoms with Crippen molar-refractivity contribution in [3.63, 3.8) is 0 Å². The van der Waals surface area contributed by atoms with E-state index >= 15 is 0 Å². The van der Waals surface area contributed by atoms with Crippen LogP contribution in [0.15, 0.2) is 30.6 Å². The molecule has 0 aliphatic rings. The summed E-state index contributed by atoms with van der Waals surface area (Å²) in [5.41, 5.74) is 0.333. The SMILES string of the molecule is C/C=C/Cn1ccc(C(=O)O)c1. The van der Waals surface area contributed by atoms with Gasteiger partial charge >= 0.3 is 5.97 Å². The molecule has 1 rings (SSSR count). The molecule has 1 aromatic rings. The molecule has 0 aliphatic heterocycles. The van der Waals surface area contributed by atoms with Crippen LogP contribution in [0, 0.1) is 0 Å². The lowest BCUT2D eigenvalue weighted by atomic mass is 10.4. The van der Waals surface area contributed by atoms with E-state index in [0.717, 1.165) is 6.54 Å². The second-order valence-corrected chi connectivity index (χ2v) is 2.47. The van der Waals surface area contributed by atoms with Crippen LogP contribution in [0.4, 0.5) is 0 Å². The zero-order valence-electron chi connectivity index (χ0n) is 6.90. The first-order valence-electron chi connectivity index (χ1n) is 3.74. The van der Waals surface area contributed by atoms with Crippen molar-refractivity contribution < 1.29 is 9.90 Å². The van der Waals surface area contributed by atoms with Crippen molar-refractivity contribution in [1.82, 2.24) is 4.57 Å². The summed E-state index contributed by atoms with van der Waals surface area (Å²) in [4.78, 5) is 10.5. The van der Waals surface area contributed by atoms with Crippen molar-refractivity contribution in [2.75, 3.05) is 0 Å². The Labute approximate surface area is 70.9 Å². The highest BCUT2D eigenvalue weighted by molar-refractivity contribution is 5.87. The third-order valence-corrected chi connectivity index (χ3v) is 1.55. The summed E-state index contributed by atoms with van der Waals surface area (Å²) in [5, 5.41) is 8.59. The third kappa shape index (κ3) is 1.99. The van der Waals surface area contributed by atoms with Gasteiger partial charge in [-0.3, -0.25) is 0 Å². The van der Waals surface area contributed by atoms with E-state index in [1.165, 1.54) is 0 Å². The fourth-order valence-electron chi connectivity index (χ4n) is 0.908. The lowest BCUT2D eigenvalue weighted by Crippen LogP contribution is -1.94. The Morgan fingerprint density at radius 2 is 2.50 bits per heavy atom. The minimum atomic E-state index is -0.880. The predicted octanol–water partition coefficient (Wildman–Crippen LogP) is 1.76. The molecule has 0 saturated carbocycles. The molecule has 1 aromatic heterocycles. The predicted molar refractivity (Wildman–Crippen MR) is 46.2 cm³/mol. The molecule has 0 spiro atoms. The van der Waals surface area contributed by atoms with Crippen LogP contribution in [0.2, 0.25) is 0 Å². The van der Waals surface area contributed by atoms with Crippen LogP contribution in [0.1, 0.15) is 17.3 Å². The number of hydrogen-bond acceptors (Lipinski definition) is 1. The normalized spacial score (nSPS) is 10.8. The maximum Gasteiger partial charge on any atom is 0.337 e. The smallest absolute Gasteiger partial charge is 0.337 e. The van der Waals surface area contributed by atoms with Crippen molar-refractivity contribution in [3.8, 4) is 0 Å². The van der Waals surface area contributed by atoms with E-state index in [1.54, 1.807) is 18.5 Å². The number of hydrogen-bond donors (Lipinski definition) is 1. The van der Waals surface area contributed by atoms with E-state index in [4.69, 9.17) is 5.11 Å². The molecule has 0 unspecified atom stereocenters. The standard InChI is InChI=1S/C9H11NO2/c1-2-3-5-10-6-4-8(7-10)9(11)12/h2-4,6-7H,5H2,1H3,(H,11,12)/b3-2+. The van der Waals surface area contributed by atoms with Crippen LogP contribution in [-0.4, -0.2) is 15.6 Å². The molecule has 1 heterocycles. The molecular weight excluding hydrogens is 154 g/mol. The van der Waals surface area contributed by atoms with Crippen LogP contribution in [-0.2, 0) is 6.54 Å². The van der Waals surface area contributed by atoms with Crippen LogP contribution >= 0.6 is 0 Å². The number of nitrogens with zero attached hydrogens (tertiary/aromatic N) is 1. The van der Waals surface area contributed by atoms with Crippen LogP contribution < -0.4 is 0 Å². The molecule has 0 atom stereocenters. The molecule has 3 heteroatoms. The fourth-order valence-corrected chi connectivity index (χ4v) is 0.908. The quantitative estimate of drug-likeness (QED) is 0.693. The average Bonchev–Trinajstić information content (AvgIpc) is 2.48. The largest absolute Gasteiger partial charge is 0.478 e. The Morgan fingerprint density at radius 1 is 1.75 bits per heavy atom. The van der Waals surface area contributed by atoms with Gasteiger partial charge in [-0.2, -0.15) is 0 Å². The van der Waals surface area contributed by atoms with Crippen LogP contribution in [0.3, 0.4) is 0 Å². The van der Waals surface area contributed by atoms with Crippen molar-refractivity contribution >= 4 is 5.97 Å². The molecule has 0 amide bonds. The number of carboxylic acid groups (broad SMARTS) is 1. The van der Waals surface area contributed by atoms with Gasteiger partial charge in [-0.1, -0.05) is 12.2 Å². The number of allylic oxidation sites excluding steroid dienone is 2. The summed E-state index contributed by atoms with van der Waals surface area (Å²) in [6.07, 6.45) is 7.26. The zero-order chi connectivity index (χ0) is 8.97. The molecule has 0 saturated heterocycles. The van der Waals surface area contributed by atoms with Gasteiger partial charge in [0, 0.05) is 18.9 Å². The topological polar surface area (TPSA) is 42.2 Å². The van der Waals surface area contributed by atoms with Gasteiger partial charge in [0.15, 0.2) is 0 Å². The Balaban J connectivity index is 2.70. The second kappa shape index (κ2) is 3.76. The zero-order valence-corrected chi connectivity index (χ0v) is 6.90. The van der Waals surface area contributed by atoms with Crippen molar-refractivity contribution in [1.29, 1.82) is 0 Å². The number of carboxylic acids is 1. The number of carbonyl (C=O) groups is 1. The molecule has 0 aliphatic carbocycles. The summed E-state index contributed by atoms with van der Waals surface area (Å²) in [5.74, 6) is -0.880. The highest BCUT2D eigenvalue weighted by Gasteiger charge is 2.02. The molecule has 0 radical (unpaired) electrons. The molecule has 3 nitrogen and oxygen atoms in total. The van der Waals surface area contributed by atoms with Gasteiger partial charge in [-0.05, 0) is 13.0 Å². The van der Waals surface area contributed by atoms with E-state index in [9.17, 15) is 4.79 Å². The Kier molecular flexibility index (Phi) is 2.69. The number of aromatic nitrogens is 1. The van der Waals surface area contributed by atoms with Crippen LogP contribution in [0.25, 0.3) is 0 Å². The monoisotopic (exact) mass is 165 g/mol. The van der Waals surface area contributed by atoms with Gasteiger partial charge in [-0.15, -0.1) is 0 Å². The second-order valence-electron chi connectivity index (χ2n) is 2.47. The molecule has 1 N–H and O–H groups in total. The van der Waals surface area contributed by atoms with Gasteiger partial charge in [0.05, 0.1) is 5.56 Å². The van der Waals surface area contributed by atoms with Crippen molar-refractivity contribution in [2.24, 2.45) is 0 Å². The Hall–Kier alpha value is -1.51. The Morgan fingerprint density at radius 3 is 3.00 bits per heavy atom. The Bertz CT molecular complexity index is 299. The number of rotatable bonds is 3. The summed E-state index contributed by atoms with van der Waals surface area (Å²) in [7, 11) is 0. The molecule has 0 fully saturated rings. The van der Waals surface area contributed by atoms with Crippen molar-refractivity contribution in [2.45, 2.75) is 13.5 Å². The first-order valence-corrected chi connectivity index (χ1v) is 3.74. The highest BCUT2D eigenvalue weighted by Crippen LogP contribution is 2.00. The summed E-state index contributed by atoms with van der Waals surface area (Å²) in [6.45, 7) is 2.66. The van der Waals surface area contributed by atoms with Gasteiger partial charge in [0.25, 0.3) is 0 Å². The average molecular weight is 165 g/mol. The van der Waals surface area contributed by atoms with Gasteiger partial charge < -0.3 is 9.67 Å². The summed E-state index contributed by atoms with van der Waals surface area (Å²) >= 11 is 0. The lowest BCUT2D eigenvalue weighted by molar-refractivity contribution is 0.0697. The number of aromatic carboxylic acids is 1. The van der Waals surface area contributed by atoms with Crippen LogP contribution in [0.5, 0.6) is 0 Å². The highest BCUT2D eigenvalue weighted by atomic mass is 16.4. The molecular formula is C9H11NO2. The summed E-state index contributed by atoms with van der Waals surface area (Å²) in [6, 6.07) is 1.59. The third-order valence-electron chi connectivity index (χ3n) is 1.55. The van der Waals surface area contributed by atoms with E-state index in [2.05, 4.69) is 0 Å². The van der Waals surface area contributed by atoms with Gasteiger partial charge in [-0.25, -0.2) is 4.79 Å². The molecule has 0 aromatic carbocycles. The van der Waals surface area contributed by atoms with Crippen molar-refractivity contribution in [3.05, 3.63) is 36.2 Å². The molecule has 64 valence electrons. The lowest BCUT2D eigenvalue weighted by Gasteiger charge is -1.93. The molecule has 0 bridgehead atoms. The van der Waals surface area contributed by atoms with Gasteiger partial charge in [0.1, 0.15) is 0 Å².